The van der Waals surface area contributed by atoms with E-state index in [-0.39, 0.29) is 5.92 Å². The molecule has 2 aromatic carbocycles. The first-order valence-electron chi connectivity index (χ1n) is 9.27. The van der Waals surface area contributed by atoms with Crippen LogP contribution < -0.4 is 9.64 Å². The zero-order valence-electron chi connectivity index (χ0n) is 15.7. The topological polar surface area (TPSA) is 49.8 Å². The zero-order chi connectivity index (χ0) is 18.7. The van der Waals surface area contributed by atoms with Gasteiger partial charge in [-0.15, -0.1) is 0 Å². The van der Waals surface area contributed by atoms with Crippen molar-refractivity contribution in [2.75, 3.05) is 4.90 Å². The summed E-state index contributed by atoms with van der Waals surface area (Å²) in [6.07, 6.45) is 0.564. The molecule has 1 aliphatic rings. The lowest BCUT2D eigenvalue weighted by Gasteiger charge is -2.25. The monoisotopic (exact) mass is 353 g/mol. The van der Waals surface area contributed by atoms with Crippen LogP contribution in [0.4, 0.5) is 5.69 Å². The van der Waals surface area contributed by atoms with E-state index in [2.05, 4.69) is 42.2 Å². The minimum absolute atomic E-state index is 0.265. The van der Waals surface area contributed by atoms with E-state index in [1.165, 1.54) is 5.56 Å². The van der Waals surface area contributed by atoms with Crippen LogP contribution in [0.15, 0.2) is 48.5 Å². The molecule has 138 valence electrons. The van der Waals surface area contributed by atoms with Crippen LogP contribution in [-0.2, 0) is 17.8 Å². The smallest absolute Gasteiger partial charge is 0.344 e. The van der Waals surface area contributed by atoms with Crippen molar-refractivity contribution in [2.45, 2.75) is 52.3 Å². The van der Waals surface area contributed by atoms with Crippen LogP contribution in [0.2, 0.25) is 0 Å². The summed E-state index contributed by atoms with van der Waals surface area (Å²) in [4.78, 5) is 13.9. The molecule has 0 aromatic heterocycles. The van der Waals surface area contributed by atoms with Crippen LogP contribution in [-0.4, -0.2) is 23.2 Å². The highest BCUT2D eigenvalue weighted by atomic mass is 16.5. The Balaban J connectivity index is 1.85. The molecule has 3 rings (SSSR count). The first-order chi connectivity index (χ1) is 12.5. The van der Waals surface area contributed by atoms with Crippen molar-refractivity contribution >= 4 is 11.7 Å². The van der Waals surface area contributed by atoms with Gasteiger partial charge in [-0.3, -0.25) is 0 Å². The van der Waals surface area contributed by atoms with Gasteiger partial charge in [-0.05, 0) is 43.4 Å². The molecule has 4 nitrogen and oxygen atoms in total. The number of rotatable bonds is 7. The number of carboxylic acid groups (broad SMARTS) is 1. The molecule has 0 spiro atoms. The van der Waals surface area contributed by atoms with Crippen LogP contribution in [0.1, 0.15) is 38.3 Å². The summed E-state index contributed by atoms with van der Waals surface area (Å²) in [6, 6.07) is 16.7. The van der Waals surface area contributed by atoms with Gasteiger partial charge >= 0.3 is 5.97 Å². The highest BCUT2D eigenvalue weighted by Crippen LogP contribution is 2.39. The molecule has 4 heteroatoms. The summed E-state index contributed by atoms with van der Waals surface area (Å²) in [5.41, 5.74) is 3.53. The first kappa shape index (κ1) is 18.3. The lowest BCUT2D eigenvalue weighted by atomic mass is 10.1. The fourth-order valence-corrected chi connectivity index (χ4v) is 3.58. The van der Waals surface area contributed by atoms with Crippen molar-refractivity contribution in [3.05, 3.63) is 59.7 Å². The molecule has 1 N–H and O–H groups in total. The van der Waals surface area contributed by atoms with E-state index in [0.29, 0.717) is 18.2 Å². The molecule has 0 saturated heterocycles. The average molecular weight is 353 g/mol. The second-order valence-electron chi connectivity index (χ2n) is 7.49. The molecular weight excluding hydrogens is 326 g/mol. The SMILES string of the molecule is CC(C)CC(Oc1cccc2c1CC(C)N2Cc1ccccc1)C(=O)O. The van der Waals surface area contributed by atoms with Crippen LogP contribution in [0, 0.1) is 5.92 Å². The van der Waals surface area contributed by atoms with E-state index in [4.69, 9.17) is 4.74 Å². The fraction of sp³-hybridized carbons (Fsp3) is 0.409. The Bertz CT molecular complexity index is 757. The summed E-state index contributed by atoms with van der Waals surface area (Å²) < 4.78 is 5.95. The maximum Gasteiger partial charge on any atom is 0.344 e. The Labute approximate surface area is 155 Å². The molecule has 2 atom stereocenters. The number of anilines is 1. The third kappa shape index (κ3) is 4.01. The van der Waals surface area contributed by atoms with Crippen molar-refractivity contribution in [2.24, 2.45) is 5.92 Å². The van der Waals surface area contributed by atoms with Gasteiger partial charge in [0.25, 0.3) is 0 Å². The van der Waals surface area contributed by atoms with Crippen molar-refractivity contribution in [3.8, 4) is 5.75 Å². The zero-order valence-corrected chi connectivity index (χ0v) is 15.7. The first-order valence-corrected chi connectivity index (χ1v) is 9.27. The quantitative estimate of drug-likeness (QED) is 0.795. The average Bonchev–Trinajstić information content (AvgIpc) is 2.92. The van der Waals surface area contributed by atoms with Crippen molar-refractivity contribution in [3.63, 3.8) is 0 Å². The van der Waals surface area contributed by atoms with Gasteiger partial charge in [-0.2, -0.15) is 0 Å². The van der Waals surface area contributed by atoms with Crippen LogP contribution in [0.25, 0.3) is 0 Å². The normalized spacial score (nSPS) is 17.2. The Kier molecular flexibility index (Phi) is 5.50. The van der Waals surface area contributed by atoms with E-state index in [1.807, 2.05) is 32.0 Å². The highest BCUT2D eigenvalue weighted by Gasteiger charge is 2.30. The Morgan fingerprint density at radius 2 is 1.92 bits per heavy atom. The Morgan fingerprint density at radius 1 is 1.19 bits per heavy atom. The minimum Gasteiger partial charge on any atom is -0.479 e. The number of fused-ring (bicyclic) bond motifs is 1. The van der Waals surface area contributed by atoms with E-state index in [1.54, 1.807) is 0 Å². The Morgan fingerprint density at radius 3 is 2.58 bits per heavy atom. The molecule has 0 fully saturated rings. The van der Waals surface area contributed by atoms with Gasteiger partial charge in [0, 0.05) is 23.8 Å². The fourth-order valence-electron chi connectivity index (χ4n) is 3.58. The van der Waals surface area contributed by atoms with Crippen LogP contribution in [0.3, 0.4) is 0 Å². The lowest BCUT2D eigenvalue weighted by molar-refractivity contribution is -0.145. The molecule has 0 radical (unpaired) electrons. The van der Waals surface area contributed by atoms with Crippen molar-refractivity contribution < 1.29 is 14.6 Å². The summed E-state index contributed by atoms with van der Waals surface area (Å²) >= 11 is 0. The van der Waals surface area contributed by atoms with Gasteiger partial charge in [0.1, 0.15) is 5.75 Å². The number of carbonyl (C=O) groups is 1. The van der Waals surface area contributed by atoms with Gasteiger partial charge in [0.05, 0.1) is 0 Å². The number of hydrogen-bond acceptors (Lipinski definition) is 3. The summed E-state index contributed by atoms with van der Waals surface area (Å²) in [5, 5.41) is 9.50. The van der Waals surface area contributed by atoms with Crippen molar-refractivity contribution in [1.29, 1.82) is 0 Å². The maximum absolute atomic E-state index is 11.6. The number of ether oxygens (including phenoxy) is 1. The largest absolute Gasteiger partial charge is 0.479 e. The molecule has 1 aliphatic heterocycles. The molecule has 2 unspecified atom stereocenters. The predicted octanol–water partition coefficient (Wildman–Crippen LogP) is 4.52. The molecule has 0 bridgehead atoms. The van der Waals surface area contributed by atoms with E-state index in [0.717, 1.165) is 24.2 Å². The molecule has 2 aromatic rings. The minimum atomic E-state index is -0.900. The lowest BCUT2D eigenvalue weighted by Crippen LogP contribution is -2.28. The van der Waals surface area contributed by atoms with Gasteiger partial charge in [-0.1, -0.05) is 50.2 Å². The number of hydrogen-bond donors (Lipinski definition) is 1. The standard InChI is InChI=1S/C22H27NO3/c1-15(2)12-21(22(24)25)26-20-11-7-10-19-18(20)13-16(3)23(19)14-17-8-5-4-6-9-17/h4-11,15-16,21H,12-14H2,1-3H3,(H,24,25). The number of nitrogens with zero attached hydrogens (tertiary/aromatic N) is 1. The summed E-state index contributed by atoms with van der Waals surface area (Å²) in [5.74, 6) is 0.0721. The van der Waals surface area contributed by atoms with Crippen LogP contribution in [0.5, 0.6) is 5.75 Å². The predicted molar refractivity (Wildman–Crippen MR) is 104 cm³/mol. The van der Waals surface area contributed by atoms with Gasteiger partial charge in [0.2, 0.25) is 0 Å². The Hall–Kier alpha value is -2.49. The molecule has 0 aliphatic carbocycles. The summed E-state index contributed by atoms with van der Waals surface area (Å²) in [6.45, 7) is 7.07. The summed E-state index contributed by atoms with van der Waals surface area (Å²) in [7, 11) is 0. The second kappa shape index (κ2) is 7.81. The third-order valence-electron chi connectivity index (χ3n) is 4.88. The number of carboxylic acids is 1. The molecule has 1 heterocycles. The van der Waals surface area contributed by atoms with Crippen LogP contribution >= 0.6 is 0 Å². The van der Waals surface area contributed by atoms with E-state index in [9.17, 15) is 9.90 Å². The highest BCUT2D eigenvalue weighted by molar-refractivity contribution is 5.73. The van der Waals surface area contributed by atoms with E-state index >= 15 is 0 Å². The molecule has 26 heavy (non-hydrogen) atoms. The van der Waals surface area contributed by atoms with Gasteiger partial charge < -0.3 is 14.7 Å². The molecular formula is C22H27NO3. The number of aliphatic carboxylic acids is 1. The third-order valence-corrected chi connectivity index (χ3v) is 4.88. The molecule has 0 saturated carbocycles. The van der Waals surface area contributed by atoms with Gasteiger partial charge in [0.15, 0.2) is 6.10 Å². The number of benzene rings is 2. The van der Waals surface area contributed by atoms with E-state index < -0.39 is 12.1 Å². The second-order valence-corrected chi connectivity index (χ2v) is 7.49. The van der Waals surface area contributed by atoms with Gasteiger partial charge in [-0.25, -0.2) is 4.79 Å². The maximum atomic E-state index is 11.6. The molecule has 0 amide bonds. The van der Waals surface area contributed by atoms with Crippen molar-refractivity contribution in [1.82, 2.24) is 0 Å².